The normalized spacial score (nSPS) is 18.4. The van der Waals surface area contributed by atoms with E-state index in [9.17, 15) is 9.59 Å². The summed E-state index contributed by atoms with van der Waals surface area (Å²) in [6.45, 7) is 5.54. The molecule has 1 saturated heterocycles. The van der Waals surface area contributed by atoms with Crippen LogP contribution in [-0.2, 0) is 11.8 Å². The highest BCUT2D eigenvalue weighted by Gasteiger charge is 2.45. The van der Waals surface area contributed by atoms with Gasteiger partial charge in [-0.15, -0.1) is 0 Å². The summed E-state index contributed by atoms with van der Waals surface area (Å²) in [6, 6.07) is 23.9. The van der Waals surface area contributed by atoms with Crippen molar-refractivity contribution in [2.45, 2.75) is 45.2 Å². The molecule has 1 fully saturated rings. The summed E-state index contributed by atoms with van der Waals surface area (Å²) in [6.07, 6.45) is 3.21. The zero-order valence-electron chi connectivity index (χ0n) is 21.8. The molecule has 5 nitrogen and oxygen atoms in total. The molecular weight excluding hydrogens is 458 g/mol. The second kappa shape index (κ2) is 9.22. The van der Waals surface area contributed by atoms with Gasteiger partial charge in [-0.25, -0.2) is 0 Å². The van der Waals surface area contributed by atoms with E-state index < -0.39 is 6.04 Å². The Labute approximate surface area is 218 Å². The molecule has 2 aliphatic rings. The number of piperidine rings is 1. The third-order valence-electron chi connectivity index (χ3n) is 8.19. The van der Waals surface area contributed by atoms with Gasteiger partial charge >= 0.3 is 0 Å². The van der Waals surface area contributed by atoms with E-state index in [0.717, 1.165) is 65.6 Å². The number of nitrogens with zero attached hydrogens (tertiary/aromatic N) is 3. The number of hydrogen-bond donors (Lipinski definition) is 0. The molecule has 37 heavy (non-hydrogen) atoms. The first-order valence-electron chi connectivity index (χ1n) is 13.3. The van der Waals surface area contributed by atoms with E-state index in [1.54, 1.807) is 0 Å². The van der Waals surface area contributed by atoms with Crippen molar-refractivity contribution in [2.75, 3.05) is 13.1 Å². The fourth-order valence-electron chi connectivity index (χ4n) is 6.29. The van der Waals surface area contributed by atoms with Crippen LogP contribution in [0.4, 0.5) is 0 Å². The molecule has 0 saturated carbocycles. The molecule has 2 unspecified atom stereocenters. The summed E-state index contributed by atoms with van der Waals surface area (Å²) in [5.41, 5.74) is 7.24. The van der Waals surface area contributed by atoms with Gasteiger partial charge in [0.2, 0.25) is 5.91 Å². The van der Waals surface area contributed by atoms with Crippen molar-refractivity contribution >= 4 is 22.7 Å². The fraction of sp³-hybridized carbons (Fsp3) is 0.312. The number of carbonyl (C=O) groups is 2. The lowest BCUT2D eigenvalue weighted by molar-refractivity contribution is -0.136. The Hall–Kier alpha value is -3.86. The number of hydrogen-bond acceptors (Lipinski definition) is 2. The van der Waals surface area contributed by atoms with Gasteiger partial charge in [0.25, 0.3) is 5.91 Å². The maximum Gasteiger partial charge on any atom is 0.255 e. The Morgan fingerprint density at radius 2 is 1.57 bits per heavy atom. The number of aromatic nitrogens is 1. The van der Waals surface area contributed by atoms with E-state index in [4.69, 9.17) is 0 Å². The second-order valence-electron chi connectivity index (χ2n) is 10.5. The quantitative estimate of drug-likeness (QED) is 0.346. The van der Waals surface area contributed by atoms with Gasteiger partial charge in [-0.3, -0.25) is 9.59 Å². The summed E-state index contributed by atoms with van der Waals surface area (Å²) in [5.74, 6) is -0.0239. The van der Waals surface area contributed by atoms with Gasteiger partial charge < -0.3 is 14.4 Å². The van der Waals surface area contributed by atoms with Crippen LogP contribution in [0.25, 0.3) is 22.2 Å². The van der Waals surface area contributed by atoms with Crippen LogP contribution in [0.3, 0.4) is 0 Å². The van der Waals surface area contributed by atoms with Crippen LogP contribution in [0.5, 0.6) is 0 Å². The largest absolute Gasteiger partial charge is 0.343 e. The van der Waals surface area contributed by atoms with Crippen LogP contribution >= 0.6 is 0 Å². The number of para-hydroxylation sites is 1. The van der Waals surface area contributed by atoms with Crippen LogP contribution in [0.15, 0.2) is 72.8 Å². The third-order valence-corrected chi connectivity index (χ3v) is 8.19. The molecule has 4 aromatic rings. The highest BCUT2D eigenvalue weighted by molar-refractivity contribution is 6.04. The fourth-order valence-corrected chi connectivity index (χ4v) is 6.29. The van der Waals surface area contributed by atoms with Crippen LogP contribution in [0, 0.1) is 6.92 Å². The first kappa shape index (κ1) is 23.5. The molecule has 2 amide bonds. The zero-order valence-corrected chi connectivity index (χ0v) is 21.8. The maximum absolute atomic E-state index is 14.0. The van der Waals surface area contributed by atoms with Crippen LogP contribution < -0.4 is 0 Å². The summed E-state index contributed by atoms with van der Waals surface area (Å²) in [5, 5.41) is 1.11. The molecule has 2 aliphatic heterocycles. The average Bonchev–Trinajstić information content (AvgIpc) is 3.39. The first-order valence-corrected chi connectivity index (χ1v) is 13.3. The molecule has 3 heterocycles. The van der Waals surface area contributed by atoms with Gasteiger partial charge in [-0.05, 0) is 56.4 Å². The average molecular weight is 492 g/mol. The van der Waals surface area contributed by atoms with Crippen molar-refractivity contribution in [3.05, 3.63) is 95.1 Å². The lowest BCUT2D eigenvalue weighted by atomic mass is 9.92. The van der Waals surface area contributed by atoms with Crippen molar-refractivity contribution in [3.8, 4) is 11.3 Å². The Morgan fingerprint density at radius 1 is 0.892 bits per heavy atom. The minimum absolute atomic E-state index is 0.0444. The van der Waals surface area contributed by atoms with Crippen molar-refractivity contribution < 1.29 is 9.59 Å². The van der Waals surface area contributed by atoms with E-state index in [1.807, 2.05) is 34.9 Å². The minimum Gasteiger partial charge on any atom is -0.343 e. The van der Waals surface area contributed by atoms with E-state index in [1.165, 1.54) is 5.56 Å². The van der Waals surface area contributed by atoms with Gasteiger partial charge in [-0.1, -0.05) is 66.2 Å². The van der Waals surface area contributed by atoms with E-state index in [-0.39, 0.29) is 17.9 Å². The molecule has 0 N–H and O–H groups in total. The number of amides is 2. The summed E-state index contributed by atoms with van der Waals surface area (Å²) < 4.78 is 2.23. The molecule has 188 valence electrons. The van der Waals surface area contributed by atoms with Crippen LogP contribution in [-0.4, -0.2) is 45.3 Å². The zero-order chi connectivity index (χ0) is 25.7. The van der Waals surface area contributed by atoms with Gasteiger partial charge in [0, 0.05) is 42.2 Å². The molecule has 2 atom stereocenters. The predicted molar refractivity (Wildman–Crippen MR) is 147 cm³/mol. The van der Waals surface area contributed by atoms with E-state index in [0.29, 0.717) is 5.56 Å². The second-order valence-corrected chi connectivity index (χ2v) is 10.5. The topological polar surface area (TPSA) is 45.6 Å². The van der Waals surface area contributed by atoms with Crippen molar-refractivity contribution in [1.82, 2.24) is 14.4 Å². The van der Waals surface area contributed by atoms with E-state index in [2.05, 4.69) is 73.1 Å². The van der Waals surface area contributed by atoms with Crippen LogP contribution in [0.2, 0.25) is 0 Å². The summed E-state index contributed by atoms with van der Waals surface area (Å²) in [7, 11) is 2.09. The Morgan fingerprint density at radius 3 is 2.32 bits per heavy atom. The summed E-state index contributed by atoms with van der Waals surface area (Å²) in [4.78, 5) is 31.5. The summed E-state index contributed by atoms with van der Waals surface area (Å²) >= 11 is 0. The Bertz CT molecular complexity index is 1490. The van der Waals surface area contributed by atoms with Gasteiger partial charge in [0.1, 0.15) is 6.04 Å². The SMILES string of the molecule is Cc1ccc(-c2c(C3c4ccccc4C(=O)N3C(C)C(=O)N3CCCCC3)c3ccccc3n2C)cc1. The van der Waals surface area contributed by atoms with Crippen molar-refractivity contribution in [1.29, 1.82) is 0 Å². The van der Waals surface area contributed by atoms with Gasteiger partial charge in [0.15, 0.2) is 0 Å². The molecule has 0 radical (unpaired) electrons. The number of rotatable bonds is 4. The van der Waals surface area contributed by atoms with Gasteiger partial charge in [-0.2, -0.15) is 0 Å². The predicted octanol–water partition coefficient (Wildman–Crippen LogP) is 6.10. The lowest BCUT2D eigenvalue weighted by Gasteiger charge is -2.36. The Kier molecular flexibility index (Phi) is 5.86. The Balaban J connectivity index is 1.58. The first-order chi connectivity index (χ1) is 18.0. The number of aryl methyl sites for hydroxylation is 2. The minimum atomic E-state index is -0.562. The number of likely N-dealkylation sites (tertiary alicyclic amines) is 1. The van der Waals surface area contributed by atoms with E-state index >= 15 is 0 Å². The van der Waals surface area contributed by atoms with Gasteiger partial charge in [0.05, 0.1) is 11.7 Å². The van der Waals surface area contributed by atoms with Crippen LogP contribution in [0.1, 0.15) is 59.3 Å². The molecule has 0 aliphatic carbocycles. The standard InChI is InChI=1S/C32H33N3O2/c1-21-15-17-23(18-16-21)29-28(26-13-7-8-14-27(26)33(29)3)30-24-11-5-6-12-25(24)32(37)35(30)22(2)31(36)34-19-9-4-10-20-34/h5-8,11-18,22,30H,4,9-10,19-20H2,1-3H3. The molecule has 6 rings (SSSR count). The number of fused-ring (bicyclic) bond motifs is 2. The molecule has 0 spiro atoms. The molecule has 0 bridgehead atoms. The van der Waals surface area contributed by atoms with Crippen molar-refractivity contribution in [2.24, 2.45) is 7.05 Å². The lowest BCUT2D eigenvalue weighted by Crippen LogP contribution is -2.50. The smallest absolute Gasteiger partial charge is 0.255 e. The highest BCUT2D eigenvalue weighted by Crippen LogP contribution is 2.47. The number of benzene rings is 3. The molecule has 3 aromatic carbocycles. The molecule has 5 heteroatoms. The monoisotopic (exact) mass is 491 g/mol. The third kappa shape index (κ3) is 3.76. The maximum atomic E-state index is 14.0. The molecular formula is C32H33N3O2. The molecule has 1 aromatic heterocycles. The highest BCUT2D eigenvalue weighted by atomic mass is 16.2. The van der Waals surface area contributed by atoms with Crippen molar-refractivity contribution in [3.63, 3.8) is 0 Å². The number of carbonyl (C=O) groups excluding carboxylic acids is 2.